The van der Waals surface area contributed by atoms with Crippen molar-refractivity contribution in [1.29, 1.82) is 0 Å². The Morgan fingerprint density at radius 2 is 1.79 bits per heavy atom. The summed E-state index contributed by atoms with van der Waals surface area (Å²) in [6.07, 6.45) is 6.40. The Morgan fingerprint density at radius 3 is 2.38 bits per heavy atom. The number of methoxy groups -OCH3 is 2. The first-order valence-corrected chi connectivity index (χ1v) is 8.84. The number of aliphatic imine (C=N–C) groups is 1. The zero-order valence-corrected chi connectivity index (χ0v) is 18.4. The fraction of sp³-hybridized carbons (Fsp3) is 0.588. The van der Waals surface area contributed by atoms with E-state index < -0.39 is 0 Å². The molecule has 5 nitrogen and oxygen atoms in total. The summed E-state index contributed by atoms with van der Waals surface area (Å²) in [6.45, 7) is 0.660. The van der Waals surface area contributed by atoms with Gasteiger partial charge in [0.25, 0.3) is 0 Å². The van der Waals surface area contributed by atoms with Crippen LogP contribution in [0, 0.1) is 0 Å². The fourth-order valence-corrected chi connectivity index (χ4v) is 3.31. The maximum atomic E-state index is 5.37. The highest BCUT2D eigenvalue weighted by molar-refractivity contribution is 14.0. The summed E-state index contributed by atoms with van der Waals surface area (Å²) in [5.74, 6) is 2.29. The van der Waals surface area contributed by atoms with Gasteiger partial charge in [-0.05, 0) is 30.5 Å². The quantitative estimate of drug-likeness (QED) is 0.355. The molecule has 0 radical (unpaired) electrons. The minimum absolute atomic E-state index is 0. The van der Waals surface area contributed by atoms with Crippen LogP contribution >= 0.6 is 39.9 Å². The molecule has 1 saturated carbocycles. The first-order valence-electron chi connectivity index (χ1n) is 8.05. The van der Waals surface area contributed by atoms with E-state index in [4.69, 9.17) is 9.47 Å². The van der Waals surface area contributed by atoms with Gasteiger partial charge in [0.15, 0.2) is 17.5 Å². The molecule has 1 aliphatic rings. The second-order valence-electron chi connectivity index (χ2n) is 5.70. The average Bonchev–Trinajstić information content (AvgIpc) is 2.59. The molecule has 0 aliphatic heterocycles. The summed E-state index contributed by atoms with van der Waals surface area (Å²) >= 11 is 3.59. The smallest absolute Gasteiger partial charge is 0.191 e. The van der Waals surface area contributed by atoms with Crippen LogP contribution < -0.4 is 20.1 Å². The Bertz CT molecular complexity index is 549. The van der Waals surface area contributed by atoms with Gasteiger partial charge in [-0.1, -0.05) is 35.2 Å². The number of nitrogens with zero attached hydrogens (tertiary/aromatic N) is 1. The van der Waals surface area contributed by atoms with Crippen LogP contribution in [-0.4, -0.2) is 33.3 Å². The molecule has 2 rings (SSSR count). The maximum absolute atomic E-state index is 5.37. The van der Waals surface area contributed by atoms with Gasteiger partial charge in [-0.3, -0.25) is 4.99 Å². The van der Waals surface area contributed by atoms with Gasteiger partial charge in [-0.25, -0.2) is 0 Å². The van der Waals surface area contributed by atoms with Crippen LogP contribution in [-0.2, 0) is 6.54 Å². The van der Waals surface area contributed by atoms with Gasteiger partial charge >= 0.3 is 0 Å². The Balaban J connectivity index is 0.00000288. The zero-order chi connectivity index (χ0) is 16.7. The molecular formula is C17H27BrIN3O2. The third-order valence-electron chi connectivity index (χ3n) is 4.17. The van der Waals surface area contributed by atoms with Gasteiger partial charge in [-0.2, -0.15) is 0 Å². The SMILES string of the molecule is CN=C(NCc1cc(OC)c(OC)cc1Br)NC1CCCCC1.I. The number of ether oxygens (including phenoxy) is 2. The first kappa shape index (κ1) is 21.3. The molecule has 7 heteroatoms. The van der Waals surface area contributed by atoms with Crippen LogP contribution in [0.3, 0.4) is 0 Å². The number of benzene rings is 1. The molecule has 0 amide bonds. The molecule has 2 N–H and O–H groups in total. The molecule has 136 valence electrons. The van der Waals surface area contributed by atoms with Crippen LogP contribution in [0.4, 0.5) is 0 Å². The lowest BCUT2D eigenvalue weighted by atomic mass is 9.96. The highest BCUT2D eigenvalue weighted by atomic mass is 127. The number of rotatable bonds is 5. The molecule has 0 atom stereocenters. The molecule has 0 heterocycles. The number of hydrogen-bond donors (Lipinski definition) is 2. The number of guanidine groups is 1. The largest absolute Gasteiger partial charge is 0.493 e. The summed E-state index contributed by atoms with van der Waals surface area (Å²) in [6, 6.07) is 4.43. The lowest BCUT2D eigenvalue weighted by Crippen LogP contribution is -2.43. The number of nitrogens with one attached hydrogen (secondary N) is 2. The Hall–Kier alpha value is -0.700. The van der Waals surface area contributed by atoms with Crippen LogP contribution in [0.1, 0.15) is 37.7 Å². The van der Waals surface area contributed by atoms with Crippen molar-refractivity contribution in [2.75, 3.05) is 21.3 Å². The highest BCUT2D eigenvalue weighted by Gasteiger charge is 2.15. The second-order valence-corrected chi connectivity index (χ2v) is 6.56. The third kappa shape index (κ3) is 5.98. The monoisotopic (exact) mass is 511 g/mol. The summed E-state index contributed by atoms with van der Waals surface area (Å²) in [4.78, 5) is 4.33. The molecule has 1 aromatic rings. The fourth-order valence-electron chi connectivity index (χ4n) is 2.85. The van der Waals surface area contributed by atoms with E-state index in [2.05, 4.69) is 31.6 Å². The van der Waals surface area contributed by atoms with Gasteiger partial charge in [-0.15, -0.1) is 24.0 Å². The molecule has 1 aliphatic carbocycles. The van der Waals surface area contributed by atoms with Gasteiger partial charge < -0.3 is 20.1 Å². The first-order chi connectivity index (χ1) is 11.2. The molecule has 1 fully saturated rings. The van der Waals surface area contributed by atoms with E-state index in [-0.39, 0.29) is 24.0 Å². The van der Waals surface area contributed by atoms with Gasteiger partial charge in [0.05, 0.1) is 14.2 Å². The van der Waals surface area contributed by atoms with Gasteiger partial charge in [0, 0.05) is 24.1 Å². The van der Waals surface area contributed by atoms with Crippen LogP contribution in [0.15, 0.2) is 21.6 Å². The highest BCUT2D eigenvalue weighted by Crippen LogP contribution is 2.33. The Kier molecular flexibility index (Phi) is 9.80. The van der Waals surface area contributed by atoms with E-state index >= 15 is 0 Å². The molecule has 0 aromatic heterocycles. The lowest BCUT2D eigenvalue weighted by Gasteiger charge is -2.25. The summed E-state index contributed by atoms with van der Waals surface area (Å²) in [5, 5.41) is 6.89. The molecular weight excluding hydrogens is 485 g/mol. The number of halogens is 2. The lowest BCUT2D eigenvalue weighted by molar-refractivity contribution is 0.354. The third-order valence-corrected chi connectivity index (χ3v) is 4.91. The predicted molar refractivity (Wildman–Crippen MR) is 113 cm³/mol. The van der Waals surface area contributed by atoms with Crippen molar-refractivity contribution in [1.82, 2.24) is 10.6 Å². The Morgan fingerprint density at radius 1 is 1.17 bits per heavy atom. The normalized spacial score (nSPS) is 15.4. The van der Waals surface area contributed by atoms with Gasteiger partial charge in [0.2, 0.25) is 0 Å². The molecule has 0 bridgehead atoms. The van der Waals surface area contributed by atoms with Crippen molar-refractivity contribution >= 4 is 45.9 Å². The summed E-state index contributed by atoms with van der Waals surface area (Å²) < 4.78 is 11.7. The van der Waals surface area contributed by atoms with E-state index in [1.54, 1.807) is 14.2 Å². The Labute approximate surface area is 170 Å². The number of hydrogen-bond acceptors (Lipinski definition) is 3. The summed E-state index contributed by atoms with van der Waals surface area (Å²) in [7, 11) is 5.09. The molecule has 0 unspecified atom stereocenters. The van der Waals surface area contributed by atoms with Crippen molar-refractivity contribution in [3.63, 3.8) is 0 Å². The maximum Gasteiger partial charge on any atom is 0.191 e. The van der Waals surface area contributed by atoms with Crippen molar-refractivity contribution in [2.24, 2.45) is 4.99 Å². The van der Waals surface area contributed by atoms with E-state index in [9.17, 15) is 0 Å². The van der Waals surface area contributed by atoms with Crippen molar-refractivity contribution in [2.45, 2.75) is 44.7 Å². The molecule has 1 aromatic carbocycles. The van der Waals surface area contributed by atoms with Crippen LogP contribution in [0.25, 0.3) is 0 Å². The zero-order valence-electron chi connectivity index (χ0n) is 14.5. The van der Waals surface area contributed by atoms with Crippen LogP contribution in [0.5, 0.6) is 11.5 Å². The van der Waals surface area contributed by atoms with Gasteiger partial charge in [0.1, 0.15) is 0 Å². The minimum atomic E-state index is 0. The van der Waals surface area contributed by atoms with E-state index in [0.29, 0.717) is 18.3 Å². The van der Waals surface area contributed by atoms with E-state index in [0.717, 1.165) is 21.7 Å². The van der Waals surface area contributed by atoms with Crippen molar-refractivity contribution < 1.29 is 9.47 Å². The van der Waals surface area contributed by atoms with Crippen molar-refractivity contribution in [3.8, 4) is 11.5 Å². The molecule has 0 saturated heterocycles. The second kappa shape index (κ2) is 11.0. The average molecular weight is 512 g/mol. The van der Waals surface area contributed by atoms with Crippen LogP contribution in [0.2, 0.25) is 0 Å². The van der Waals surface area contributed by atoms with Crippen molar-refractivity contribution in [3.05, 3.63) is 22.2 Å². The topological polar surface area (TPSA) is 54.9 Å². The van der Waals surface area contributed by atoms with E-state index in [1.807, 2.05) is 19.2 Å². The minimum Gasteiger partial charge on any atom is -0.493 e. The van der Waals surface area contributed by atoms with E-state index in [1.165, 1.54) is 32.1 Å². The predicted octanol–water partition coefficient (Wildman–Crippen LogP) is 4.08. The molecule has 24 heavy (non-hydrogen) atoms. The molecule has 0 spiro atoms. The summed E-state index contributed by atoms with van der Waals surface area (Å²) in [5.41, 5.74) is 1.09. The standard InChI is InChI=1S/C17H26BrN3O2.HI/c1-19-17(21-13-7-5-4-6-8-13)20-11-12-9-15(22-2)16(23-3)10-14(12)18;/h9-10,13H,4-8,11H2,1-3H3,(H2,19,20,21);1H.